The summed E-state index contributed by atoms with van der Waals surface area (Å²) in [6.45, 7) is 3.43. The molecule has 1 aromatic carbocycles. The Labute approximate surface area is 123 Å². The zero-order valence-corrected chi connectivity index (χ0v) is 12.7. The van der Waals surface area contributed by atoms with Crippen molar-refractivity contribution in [3.63, 3.8) is 0 Å². The summed E-state index contributed by atoms with van der Waals surface area (Å²) >= 11 is 0. The molecule has 1 aromatic rings. The normalized spacial score (nSPS) is 24.0. The van der Waals surface area contributed by atoms with Gasteiger partial charge in [0.2, 0.25) is 10.0 Å². The van der Waals surface area contributed by atoms with E-state index in [9.17, 15) is 17.6 Å². The van der Waals surface area contributed by atoms with Crippen LogP contribution >= 0.6 is 0 Å². The van der Waals surface area contributed by atoms with E-state index in [-0.39, 0.29) is 24.3 Å². The Morgan fingerprint density at radius 2 is 2.10 bits per heavy atom. The van der Waals surface area contributed by atoms with Crippen molar-refractivity contribution < 1.29 is 22.7 Å². The van der Waals surface area contributed by atoms with Crippen LogP contribution in [-0.4, -0.2) is 36.4 Å². The average molecular weight is 315 g/mol. The van der Waals surface area contributed by atoms with E-state index in [2.05, 4.69) is 0 Å². The molecule has 1 fully saturated rings. The molecule has 0 radical (unpaired) electrons. The molecule has 7 heteroatoms. The number of rotatable bonds is 3. The Bertz CT molecular complexity index is 659. The molecule has 1 heterocycles. The van der Waals surface area contributed by atoms with Crippen molar-refractivity contribution in [3.8, 4) is 0 Å². The lowest BCUT2D eigenvalue weighted by Gasteiger charge is -2.35. The molecule has 2 unspecified atom stereocenters. The Kier molecular flexibility index (Phi) is 4.34. The zero-order valence-electron chi connectivity index (χ0n) is 11.9. The van der Waals surface area contributed by atoms with Gasteiger partial charge in [-0.2, -0.15) is 4.31 Å². The minimum atomic E-state index is -3.81. The molecule has 1 aliphatic rings. The molecule has 0 saturated carbocycles. The zero-order chi connectivity index (χ0) is 15.8. The molecule has 0 aliphatic carbocycles. The number of carboxylic acids is 1. The van der Waals surface area contributed by atoms with Crippen molar-refractivity contribution >= 4 is 16.0 Å². The average Bonchev–Trinajstić information content (AvgIpc) is 2.40. The molecular weight excluding hydrogens is 297 g/mol. The SMILES string of the molecule is Cc1ccc(F)cc1S(=O)(=O)N1CCC(C(=O)O)CC1C. The van der Waals surface area contributed by atoms with E-state index >= 15 is 0 Å². The highest BCUT2D eigenvalue weighted by atomic mass is 32.2. The number of aliphatic carboxylic acids is 1. The molecule has 2 atom stereocenters. The number of piperidine rings is 1. The molecule has 21 heavy (non-hydrogen) atoms. The maximum atomic E-state index is 13.3. The van der Waals surface area contributed by atoms with Gasteiger partial charge in [0.05, 0.1) is 10.8 Å². The number of carboxylic acid groups (broad SMARTS) is 1. The van der Waals surface area contributed by atoms with Crippen molar-refractivity contribution in [2.45, 2.75) is 37.6 Å². The molecule has 116 valence electrons. The lowest BCUT2D eigenvalue weighted by Crippen LogP contribution is -2.46. The summed E-state index contributed by atoms with van der Waals surface area (Å²) in [5.74, 6) is -2.03. The highest BCUT2D eigenvalue weighted by molar-refractivity contribution is 7.89. The molecule has 1 aliphatic heterocycles. The van der Waals surface area contributed by atoms with Gasteiger partial charge >= 0.3 is 5.97 Å². The van der Waals surface area contributed by atoms with E-state index in [1.165, 1.54) is 16.4 Å². The number of aryl methyl sites for hydroxylation is 1. The number of nitrogens with zero attached hydrogens (tertiary/aromatic N) is 1. The fraction of sp³-hybridized carbons (Fsp3) is 0.500. The van der Waals surface area contributed by atoms with E-state index in [1.807, 2.05) is 0 Å². The largest absolute Gasteiger partial charge is 0.481 e. The predicted molar refractivity (Wildman–Crippen MR) is 74.9 cm³/mol. The van der Waals surface area contributed by atoms with Crippen molar-refractivity contribution in [1.29, 1.82) is 0 Å². The van der Waals surface area contributed by atoms with Crippen LogP contribution in [0.4, 0.5) is 4.39 Å². The molecule has 1 saturated heterocycles. The van der Waals surface area contributed by atoms with Gasteiger partial charge in [0.15, 0.2) is 0 Å². The second-order valence-corrected chi connectivity index (χ2v) is 7.29. The first-order valence-corrected chi connectivity index (χ1v) is 8.18. The van der Waals surface area contributed by atoms with Crippen molar-refractivity contribution in [2.75, 3.05) is 6.54 Å². The van der Waals surface area contributed by atoms with Gasteiger partial charge in [0.1, 0.15) is 5.82 Å². The smallest absolute Gasteiger partial charge is 0.306 e. The van der Waals surface area contributed by atoms with Gasteiger partial charge < -0.3 is 5.11 Å². The Balaban J connectivity index is 2.32. The van der Waals surface area contributed by atoms with E-state index in [0.29, 0.717) is 5.56 Å². The quantitative estimate of drug-likeness (QED) is 0.926. The van der Waals surface area contributed by atoms with Crippen LogP contribution in [-0.2, 0) is 14.8 Å². The minimum absolute atomic E-state index is 0.0527. The molecule has 1 N–H and O–H groups in total. The van der Waals surface area contributed by atoms with Gasteiger partial charge in [-0.05, 0) is 44.4 Å². The predicted octanol–water partition coefficient (Wildman–Crippen LogP) is 2.01. The third kappa shape index (κ3) is 3.08. The first-order chi connectivity index (χ1) is 9.73. The molecular formula is C14H18FNO4S. The van der Waals surface area contributed by atoms with Crippen LogP contribution in [0, 0.1) is 18.7 Å². The highest BCUT2D eigenvalue weighted by Crippen LogP contribution is 2.30. The number of hydrogen-bond acceptors (Lipinski definition) is 3. The maximum Gasteiger partial charge on any atom is 0.306 e. The summed E-state index contributed by atoms with van der Waals surface area (Å²) in [6.07, 6.45) is 0.538. The summed E-state index contributed by atoms with van der Waals surface area (Å²) in [4.78, 5) is 11.0. The third-order valence-electron chi connectivity index (χ3n) is 3.90. The molecule has 0 spiro atoms. The van der Waals surface area contributed by atoms with Crippen LogP contribution in [0.15, 0.2) is 23.1 Å². The second-order valence-electron chi connectivity index (χ2n) is 5.43. The van der Waals surface area contributed by atoms with Gasteiger partial charge in [-0.25, -0.2) is 12.8 Å². The molecule has 2 rings (SSSR count). The number of hydrogen-bond donors (Lipinski definition) is 1. The number of benzene rings is 1. The standard InChI is InChI=1S/C14H18FNO4S/c1-9-3-4-12(15)8-13(9)21(19,20)16-6-5-11(14(17)18)7-10(16)2/h3-4,8,10-11H,5-7H2,1-2H3,(H,17,18). The van der Waals surface area contributed by atoms with Gasteiger partial charge in [-0.1, -0.05) is 6.07 Å². The van der Waals surface area contributed by atoms with E-state index in [1.54, 1.807) is 13.8 Å². The summed E-state index contributed by atoms with van der Waals surface area (Å²) in [6, 6.07) is 3.24. The van der Waals surface area contributed by atoms with E-state index in [0.717, 1.165) is 6.07 Å². The molecule has 5 nitrogen and oxygen atoms in total. The fourth-order valence-electron chi connectivity index (χ4n) is 2.71. The Hall–Kier alpha value is -1.47. The Morgan fingerprint density at radius 3 is 2.67 bits per heavy atom. The number of sulfonamides is 1. The fourth-order valence-corrected chi connectivity index (χ4v) is 4.60. The lowest BCUT2D eigenvalue weighted by molar-refractivity contribution is -0.143. The number of halogens is 1. The topological polar surface area (TPSA) is 74.7 Å². The summed E-state index contributed by atoms with van der Waals surface area (Å²) in [5.41, 5.74) is 0.476. The highest BCUT2D eigenvalue weighted by Gasteiger charge is 2.37. The van der Waals surface area contributed by atoms with Gasteiger partial charge in [-0.3, -0.25) is 4.79 Å². The first-order valence-electron chi connectivity index (χ1n) is 6.74. The van der Waals surface area contributed by atoms with Crippen LogP contribution in [0.25, 0.3) is 0 Å². The van der Waals surface area contributed by atoms with Gasteiger partial charge in [0, 0.05) is 12.6 Å². The van der Waals surface area contributed by atoms with Crippen molar-refractivity contribution in [2.24, 2.45) is 5.92 Å². The Morgan fingerprint density at radius 1 is 1.43 bits per heavy atom. The van der Waals surface area contributed by atoms with Crippen LogP contribution in [0.3, 0.4) is 0 Å². The molecule has 0 amide bonds. The summed E-state index contributed by atoms with van der Waals surface area (Å²) in [7, 11) is -3.81. The van der Waals surface area contributed by atoms with Crippen molar-refractivity contribution in [3.05, 3.63) is 29.6 Å². The van der Waals surface area contributed by atoms with E-state index in [4.69, 9.17) is 5.11 Å². The molecule has 0 aromatic heterocycles. The van der Waals surface area contributed by atoms with Crippen LogP contribution in [0.2, 0.25) is 0 Å². The monoisotopic (exact) mass is 315 g/mol. The minimum Gasteiger partial charge on any atom is -0.481 e. The van der Waals surface area contributed by atoms with Crippen LogP contribution in [0.5, 0.6) is 0 Å². The first kappa shape index (κ1) is 15.9. The van der Waals surface area contributed by atoms with Crippen LogP contribution < -0.4 is 0 Å². The summed E-state index contributed by atoms with van der Waals surface area (Å²) < 4.78 is 39.9. The number of carbonyl (C=O) groups is 1. The molecule has 0 bridgehead atoms. The third-order valence-corrected chi connectivity index (χ3v) is 6.06. The van der Waals surface area contributed by atoms with Gasteiger partial charge in [-0.15, -0.1) is 0 Å². The lowest BCUT2D eigenvalue weighted by atomic mass is 9.93. The second kappa shape index (κ2) is 5.73. The van der Waals surface area contributed by atoms with Crippen LogP contribution in [0.1, 0.15) is 25.3 Å². The van der Waals surface area contributed by atoms with E-state index < -0.39 is 33.8 Å². The maximum absolute atomic E-state index is 13.3. The summed E-state index contributed by atoms with van der Waals surface area (Å²) in [5, 5.41) is 9.03. The van der Waals surface area contributed by atoms with Gasteiger partial charge in [0.25, 0.3) is 0 Å². The van der Waals surface area contributed by atoms with Crippen molar-refractivity contribution in [1.82, 2.24) is 4.31 Å².